The Labute approximate surface area is 115 Å². The summed E-state index contributed by atoms with van der Waals surface area (Å²) in [5.41, 5.74) is 2.48. The monoisotopic (exact) mass is 260 g/mol. The second-order valence-electron chi connectivity index (χ2n) is 5.88. The lowest BCUT2D eigenvalue weighted by Gasteiger charge is -2.35. The summed E-state index contributed by atoms with van der Waals surface area (Å²) in [5.74, 6) is 0.0756. The van der Waals surface area contributed by atoms with Crippen molar-refractivity contribution in [1.82, 2.24) is 0 Å². The Morgan fingerprint density at radius 2 is 2.05 bits per heavy atom. The molecular weight excluding hydrogens is 236 g/mol. The molecule has 0 bridgehead atoms. The average Bonchev–Trinajstić information content (AvgIpc) is 2.39. The van der Waals surface area contributed by atoms with Crippen LogP contribution in [0.1, 0.15) is 56.1 Å². The van der Waals surface area contributed by atoms with Gasteiger partial charge in [0, 0.05) is 0 Å². The minimum absolute atomic E-state index is 0.198. The van der Waals surface area contributed by atoms with Gasteiger partial charge in [0.2, 0.25) is 0 Å². The summed E-state index contributed by atoms with van der Waals surface area (Å²) in [7, 11) is 0. The Hall–Kier alpha value is -1.31. The van der Waals surface area contributed by atoms with Crippen molar-refractivity contribution < 1.29 is 9.90 Å². The highest BCUT2D eigenvalue weighted by atomic mass is 16.4. The fourth-order valence-corrected chi connectivity index (χ4v) is 3.57. The number of aliphatic carboxylic acids is 1. The quantitative estimate of drug-likeness (QED) is 0.872. The van der Waals surface area contributed by atoms with Crippen LogP contribution >= 0.6 is 0 Å². The third-order valence-corrected chi connectivity index (χ3v) is 4.56. The highest BCUT2D eigenvalue weighted by Gasteiger charge is 2.36. The van der Waals surface area contributed by atoms with Gasteiger partial charge in [-0.3, -0.25) is 4.79 Å². The summed E-state index contributed by atoms with van der Waals surface area (Å²) in [4.78, 5) is 11.5. The van der Waals surface area contributed by atoms with Crippen molar-refractivity contribution in [2.75, 3.05) is 0 Å². The van der Waals surface area contributed by atoms with Gasteiger partial charge in [-0.05, 0) is 49.1 Å². The summed E-state index contributed by atoms with van der Waals surface area (Å²) >= 11 is 0. The molecule has 0 radical (unpaired) electrons. The fourth-order valence-electron chi connectivity index (χ4n) is 3.57. The van der Waals surface area contributed by atoms with Gasteiger partial charge in [0.05, 0.1) is 5.92 Å². The van der Waals surface area contributed by atoms with Crippen molar-refractivity contribution in [2.24, 2.45) is 11.8 Å². The molecule has 0 heterocycles. The standard InChI is InChI=1S/C17H24O2/c1-3-6-13-9-10-15(17(18)19)16(11-13)14-8-5-4-7-12(14)2/h4-5,7-8,13,15-16H,3,6,9-11H2,1-2H3,(H,18,19). The molecular formula is C17H24O2. The van der Waals surface area contributed by atoms with Gasteiger partial charge in [-0.2, -0.15) is 0 Å². The fraction of sp³-hybridized carbons (Fsp3) is 0.588. The van der Waals surface area contributed by atoms with Crippen LogP contribution in [0.5, 0.6) is 0 Å². The zero-order valence-corrected chi connectivity index (χ0v) is 11.9. The Kier molecular flexibility index (Phi) is 4.62. The van der Waals surface area contributed by atoms with Gasteiger partial charge >= 0.3 is 5.97 Å². The second-order valence-corrected chi connectivity index (χ2v) is 5.88. The molecule has 1 aromatic rings. The molecule has 19 heavy (non-hydrogen) atoms. The smallest absolute Gasteiger partial charge is 0.307 e. The van der Waals surface area contributed by atoms with E-state index in [4.69, 9.17) is 0 Å². The van der Waals surface area contributed by atoms with Gasteiger partial charge in [0.15, 0.2) is 0 Å². The Morgan fingerprint density at radius 3 is 2.68 bits per heavy atom. The zero-order valence-electron chi connectivity index (χ0n) is 11.9. The topological polar surface area (TPSA) is 37.3 Å². The van der Waals surface area contributed by atoms with Crippen molar-refractivity contribution >= 4 is 5.97 Å². The number of carboxylic acid groups (broad SMARTS) is 1. The minimum atomic E-state index is -0.622. The van der Waals surface area contributed by atoms with E-state index in [1.165, 1.54) is 24.0 Å². The van der Waals surface area contributed by atoms with E-state index in [9.17, 15) is 9.90 Å². The lowest BCUT2D eigenvalue weighted by Crippen LogP contribution is -2.29. The number of benzene rings is 1. The number of carbonyl (C=O) groups is 1. The van der Waals surface area contributed by atoms with Gasteiger partial charge in [-0.1, -0.05) is 44.0 Å². The van der Waals surface area contributed by atoms with Crippen LogP contribution in [0.15, 0.2) is 24.3 Å². The normalized spacial score (nSPS) is 27.2. The van der Waals surface area contributed by atoms with Gasteiger partial charge in [0.25, 0.3) is 0 Å². The minimum Gasteiger partial charge on any atom is -0.481 e. The van der Waals surface area contributed by atoms with Crippen LogP contribution in [0.3, 0.4) is 0 Å². The molecule has 1 fully saturated rings. The van der Waals surface area contributed by atoms with Crippen LogP contribution in [0, 0.1) is 18.8 Å². The summed E-state index contributed by atoms with van der Waals surface area (Å²) in [6.07, 6.45) is 5.37. The first kappa shape index (κ1) is 14.1. The molecule has 0 aromatic heterocycles. The van der Waals surface area contributed by atoms with Crippen molar-refractivity contribution in [3.8, 4) is 0 Å². The van der Waals surface area contributed by atoms with Gasteiger partial charge < -0.3 is 5.11 Å². The van der Waals surface area contributed by atoms with Crippen LogP contribution in [0.4, 0.5) is 0 Å². The molecule has 2 heteroatoms. The maximum atomic E-state index is 11.5. The summed E-state index contributed by atoms with van der Waals surface area (Å²) in [6.45, 7) is 4.31. The largest absolute Gasteiger partial charge is 0.481 e. The molecule has 0 amide bonds. The molecule has 2 rings (SSSR count). The molecule has 1 aromatic carbocycles. The van der Waals surface area contributed by atoms with E-state index >= 15 is 0 Å². The number of aryl methyl sites for hydroxylation is 1. The molecule has 1 N–H and O–H groups in total. The van der Waals surface area contributed by atoms with E-state index in [1.807, 2.05) is 12.1 Å². The first-order valence-corrected chi connectivity index (χ1v) is 7.41. The number of rotatable bonds is 4. The maximum Gasteiger partial charge on any atom is 0.307 e. The van der Waals surface area contributed by atoms with E-state index in [-0.39, 0.29) is 11.8 Å². The Balaban J connectivity index is 2.25. The Morgan fingerprint density at radius 1 is 1.32 bits per heavy atom. The second kappa shape index (κ2) is 6.23. The van der Waals surface area contributed by atoms with Gasteiger partial charge in [-0.25, -0.2) is 0 Å². The molecule has 104 valence electrons. The lowest BCUT2D eigenvalue weighted by atomic mass is 9.69. The number of carboxylic acids is 1. The van der Waals surface area contributed by atoms with Crippen LogP contribution in [-0.4, -0.2) is 11.1 Å². The highest BCUT2D eigenvalue weighted by molar-refractivity contribution is 5.71. The van der Waals surface area contributed by atoms with Crippen molar-refractivity contribution in [2.45, 2.75) is 51.9 Å². The lowest BCUT2D eigenvalue weighted by molar-refractivity contribution is -0.143. The first-order chi connectivity index (χ1) is 9.13. The van der Waals surface area contributed by atoms with Crippen LogP contribution in [-0.2, 0) is 4.79 Å². The van der Waals surface area contributed by atoms with E-state index in [0.29, 0.717) is 5.92 Å². The predicted molar refractivity (Wildman–Crippen MR) is 77.3 cm³/mol. The number of hydrogen-bond acceptors (Lipinski definition) is 1. The van der Waals surface area contributed by atoms with E-state index in [2.05, 4.69) is 26.0 Å². The number of hydrogen-bond donors (Lipinski definition) is 1. The molecule has 2 nitrogen and oxygen atoms in total. The highest BCUT2D eigenvalue weighted by Crippen LogP contribution is 2.43. The molecule has 1 aliphatic carbocycles. The predicted octanol–water partition coefficient (Wildman–Crippen LogP) is 4.38. The van der Waals surface area contributed by atoms with Crippen molar-refractivity contribution in [3.63, 3.8) is 0 Å². The zero-order chi connectivity index (χ0) is 13.8. The molecule has 3 unspecified atom stereocenters. The SMILES string of the molecule is CCCC1CCC(C(=O)O)C(c2ccccc2C)C1. The summed E-state index contributed by atoms with van der Waals surface area (Å²) in [6, 6.07) is 8.27. The van der Waals surface area contributed by atoms with Gasteiger partial charge in [0.1, 0.15) is 0 Å². The van der Waals surface area contributed by atoms with E-state index < -0.39 is 5.97 Å². The van der Waals surface area contributed by atoms with Crippen LogP contribution < -0.4 is 0 Å². The first-order valence-electron chi connectivity index (χ1n) is 7.41. The molecule has 0 spiro atoms. The van der Waals surface area contributed by atoms with E-state index in [0.717, 1.165) is 19.3 Å². The molecule has 1 saturated carbocycles. The molecule has 1 aliphatic rings. The third kappa shape index (κ3) is 3.17. The molecule has 3 atom stereocenters. The summed E-state index contributed by atoms with van der Waals surface area (Å²) in [5, 5.41) is 9.48. The maximum absolute atomic E-state index is 11.5. The van der Waals surface area contributed by atoms with Crippen LogP contribution in [0.2, 0.25) is 0 Å². The molecule has 0 aliphatic heterocycles. The van der Waals surface area contributed by atoms with Gasteiger partial charge in [-0.15, -0.1) is 0 Å². The van der Waals surface area contributed by atoms with Crippen LogP contribution in [0.25, 0.3) is 0 Å². The molecule has 0 saturated heterocycles. The van der Waals surface area contributed by atoms with E-state index in [1.54, 1.807) is 0 Å². The average molecular weight is 260 g/mol. The summed E-state index contributed by atoms with van der Waals surface area (Å²) < 4.78 is 0. The third-order valence-electron chi connectivity index (χ3n) is 4.56. The Bertz CT molecular complexity index is 439. The van der Waals surface area contributed by atoms with Crippen molar-refractivity contribution in [3.05, 3.63) is 35.4 Å². The van der Waals surface area contributed by atoms with Crippen molar-refractivity contribution in [1.29, 1.82) is 0 Å².